The van der Waals surface area contributed by atoms with Gasteiger partial charge in [0.25, 0.3) is 0 Å². The van der Waals surface area contributed by atoms with Gasteiger partial charge in [-0.1, -0.05) is 6.42 Å². The molecule has 2 fully saturated rings. The van der Waals surface area contributed by atoms with Gasteiger partial charge in [0.15, 0.2) is 0 Å². The Morgan fingerprint density at radius 3 is 2.92 bits per heavy atom. The molecule has 2 aliphatic heterocycles. The number of ether oxygens (including phenoxy) is 1. The van der Waals surface area contributed by atoms with Crippen molar-refractivity contribution in [2.45, 2.75) is 43.0 Å². The van der Waals surface area contributed by atoms with Gasteiger partial charge in [-0.25, -0.2) is 4.79 Å². The topological polar surface area (TPSA) is 106 Å². The number of unbranched alkanes of at least 4 members (excludes halogenated alkanes) is 1. The van der Waals surface area contributed by atoms with Crippen molar-refractivity contribution >= 4 is 31.4 Å². The molecule has 2 rings (SSSR count). The van der Waals surface area contributed by atoms with E-state index in [1.807, 2.05) is 11.8 Å². The number of urea groups is 1. The normalized spacial score (nSPS) is 26.7. The summed E-state index contributed by atoms with van der Waals surface area (Å²) in [5.74, 6) is 0.917. The van der Waals surface area contributed by atoms with Crippen LogP contribution in [0.3, 0.4) is 0 Å². The molecule has 8 nitrogen and oxygen atoms in total. The number of carbonyl (C=O) groups is 2. The summed E-state index contributed by atoms with van der Waals surface area (Å²) >= 11 is 1.87. The van der Waals surface area contributed by atoms with Crippen LogP contribution in [0.25, 0.3) is 0 Å². The van der Waals surface area contributed by atoms with Gasteiger partial charge in [-0.05, 0) is 12.8 Å². The second-order valence-electron chi connectivity index (χ2n) is 6.41. The fourth-order valence-corrected chi connectivity index (χ4v) is 4.93. The fourth-order valence-electron chi connectivity index (χ4n) is 2.99. The van der Waals surface area contributed by atoms with E-state index in [1.54, 1.807) is 0 Å². The molecule has 2 heterocycles. The van der Waals surface area contributed by atoms with E-state index in [0.29, 0.717) is 24.8 Å². The van der Waals surface area contributed by atoms with Crippen LogP contribution in [0, 0.1) is 0 Å². The summed E-state index contributed by atoms with van der Waals surface area (Å²) in [6, 6.07) is 0.369. The minimum absolute atomic E-state index is 0.0283. The first-order chi connectivity index (χ1) is 12.3. The van der Waals surface area contributed by atoms with Gasteiger partial charge >= 0.3 is 13.7 Å². The molecule has 26 heavy (non-hydrogen) atoms. The number of hydrogen-bond donors (Lipinski definition) is 3. The van der Waals surface area contributed by atoms with Crippen molar-refractivity contribution in [3.05, 3.63) is 0 Å². The molecule has 0 spiro atoms. The number of thioether (sulfide) groups is 1. The van der Waals surface area contributed by atoms with Gasteiger partial charge in [-0.2, -0.15) is 16.0 Å². The van der Waals surface area contributed by atoms with Crippen LogP contribution < -0.4 is 16.0 Å². The maximum atomic E-state index is 12.6. The SMILES string of the molecule is CP(=O)(F)OCCOCCNC(=O)CCCCC1SCC2NC(=O)NC21. The van der Waals surface area contributed by atoms with Crippen LogP contribution in [0.5, 0.6) is 0 Å². The lowest BCUT2D eigenvalue weighted by Crippen LogP contribution is -2.36. The molecular formula is C15H27FN3O5PS. The lowest BCUT2D eigenvalue weighted by Gasteiger charge is -2.16. The Bertz CT molecular complexity index is 535. The minimum Gasteiger partial charge on any atom is -0.377 e. The van der Waals surface area contributed by atoms with Crippen LogP contribution in [-0.4, -0.2) is 68.1 Å². The number of rotatable bonds is 12. The first kappa shape index (κ1) is 21.5. The third kappa shape index (κ3) is 7.82. The Morgan fingerprint density at radius 1 is 1.35 bits per heavy atom. The Morgan fingerprint density at radius 2 is 2.15 bits per heavy atom. The zero-order valence-electron chi connectivity index (χ0n) is 14.9. The van der Waals surface area contributed by atoms with Crippen molar-refractivity contribution in [2.24, 2.45) is 0 Å². The predicted octanol–water partition coefficient (Wildman–Crippen LogP) is 1.65. The highest BCUT2D eigenvalue weighted by Crippen LogP contribution is 2.43. The van der Waals surface area contributed by atoms with Gasteiger partial charge in [0.2, 0.25) is 5.91 Å². The Hall–Kier alpha value is -0.830. The van der Waals surface area contributed by atoms with Crippen molar-refractivity contribution in [1.29, 1.82) is 0 Å². The summed E-state index contributed by atoms with van der Waals surface area (Å²) in [5.41, 5.74) is 0. The second kappa shape index (κ2) is 10.5. The van der Waals surface area contributed by atoms with Gasteiger partial charge in [0, 0.05) is 30.6 Å². The van der Waals surface area contributed by atoms with Crippen molar-refractivity contribution in [1.82, 2.24) is 16.0 Å². The van der Waals surface area contributed by atoms with E-state index in [2.05, 4.69) is 20.5 Å². The maximum Gasteiger partial charge on any atom is 0.364 e. The molecule has 4 unspecified atom stereocenters. The zero-order valence-corrected chi connectivity index (χ0v) is 16.6. The molecule has 2 saturated heterocycles. The van der Waals surface area contributed by atoms with E-state index in [4.69, 9.17) is 4.74 Å². The smallest absolute Gasteiger partial charge is 0.364 e. The molecule has 11 heteroatoms. The van der Waals surface area contributed by atoms with E-state index in [-0.39, 0.29) is 37.2 Å². The van der Waals surface area contributed by atoms with Crippen molar-refractivity contribution < 1.29 is 27.6 Å². The molecule has 2 aliphatic rings. The molecule has 0 radical (unpaired) electrons. The number of fused-ring (bicyclic) bond motifs is 1. The van der Waals surface area contributed by atoms with Gasteiger partial charge in [0.1, 0.15) is 0 Å². The summed E-state index contributed by atoms with van der Waals surface area (Å²) in [6.07, 6.45) is 3.19. The average Bonchev–Trinajstić information content (AvgIpc) is 3.09. The quantitative estimate of drug-likeness (QED) is 0.256. The fraction of sp³-hybridized carbons (Fsp3) is 0.867. The summed E-state index contributed by atoms with van der Waals surface area (Å²) in [6.45, 7) is 1.62. The Kier molecular flexibility index (Phi) is 8.66. The van der Waals surface area contributed by atoms with Crippen LogP contribution in [0.15, 0.2) is 0 Å². The van der Waals surface area contributed by atoms with E-state index in [9.17, 15) is 18.4 Å². The number of amides is 3. The van der Waals surface area contributed by atoms with E-state index < -0.39 is 7.68 Å². The van der Waals surface area contributed by atoms with Crippen molar-refractivity contribution in [2.75, 3.05) is 38.8 Å². The summed E-state index contributed by atoms with van der Waals surface area (Å²) in [5, 5.41) is 9.05. The van der Waals surface area contributed by atoms with Gasteiger partial charge in [-0.3, -0.25) is 9.36 Å². The van der Waals surface area contributed by atoms with Crippen LogP contribution in [-0.2, 0) is 18.6 Å². The van der Waals surface area contributed by atoms with Crippen LogP contribution in [0.1, 0.15) is 25.7 Å². The van der Waals surface area contributed by atoms with Crippen LogP contribution >= 0.6 is 19.4 Å². The molecule has 150 valence electrons. The van der Waals surface area contributed by atoms with Gasteiger partial charge in [-0.15, -0.1) is 0 Å². The standard InChI is InChI=1S/C15H27FN3O5PS/c1-25(16,22)24-9-8-23-7-6-17-13(20)5-3-2-4-12-14-11(10-26-12)18-15(21)19-14/h11-12,14H,2-10H2,1H3,(H,17,20)(H2,18,19,21). The maximum absolute atomic E-state index is 12.6. The van der Waals surface area contributed by atoms with Gasteiger partial charge in [0.05, 0.1) is 31.9 Å². The number of halogens is 1. The molecule has 4 atom stereocenters. The molecular weight excluding hydrogens is 384 g/mol. The molecule has 0 aromatic carbocycles. The number of hydrogen-bond acceptors (Lipinski definition) is 6. The summed E-state index contributed by atoms with van der Waals surface area (Å²) < 4.78 is 32.8. The van der Waals surface area contributed by atoms with Crippen LogP contribution in [0.4, 0.5) is 8.99 Å². The minimum atomic E-state index is -3.95. The summed E-state index contributed by atoms with van der Waals surface area (Å²) in [4.78, 5) is 23.1. The molecule has 0 bridgehead atoms. The third-order valence-electron chi connectivity index (χ3n) is 4.20. The Balaban J connectivity index is 1.42. The molecule has 3 amide bonds. The predicted molar refractivity (Wildman–Crippen MR) is 98.4 cm³/mol. The zero-order chi connectivity index (χ0) is 19.0. The molecule has 0 aromatic rings. The lowest BCUT2D eigenvalue weighted by molar-refractivity contribution is -0.121. The Labute approximate surface area is 157 Å². The van der Waals surface area contributed by atoms with E-state index in [1.165, 1.54) is 0 Å². The van der Waals surface area contributed by atoms with Crippen LogP contribution in [0.2, 0.25) is 0 Å². The largest absolute Gasteiger partial charge is 0.377 e. The van der Waals surface area contributed by atoms with Gasteiger partial charge < -0.3 is 25.2 Å². The van der Waals surface area contributed by atoms with Crippen molar-refractivity contribution in [3.63, 3.8) is 0 Å². The first-order valence-electron chi connectivity index (χ1n) is 8.80. The number of nitrogens with one attached hydrogen (secondary N) is 3. The highest BCUT2D eigenvalue weighted by Gasteiger charge is 2.42. The van der Waals surface area contributed by atoms with Crippen molar-refractivity contribution in [3.8, 4) is 0 Å². The highest BCUT2D eigenvalue weighted by molar-refractivity contribution is 8.00. The summed E-state index contributed by atoms with van der Waals surface area (Å²) in [7, 11) is -3.95. The first-order valence-corrected chi connectivity index (χ1v) is 11.8. The monoisotopic (exact) mass is 411 g/mol. The number of carbonyl (C=O) groups excluding carboxylic acids is 2. The molecule has 0 aromatic heterocycles. The average molecular weight is 411 g/mol. The van der Waals surface area contributed by atoms with E-state index in [0.717, 1.165) is 31.7 Å². The second-order valence-corrected chi connectivity index (χ2v) is 9.43. The highest BCUT2D eigenvalue weighted by atomic mass is 32.2. The molecule has 0 saturated carbocycles. The molecule has 0 aliphatic carbocycles. The lowest BCUT2D eigenvalue weighted by atomic mass is 10.0. The van der Waals surface area contributed by atoms with E-state index >= 15 is 0 Å². The molecule has 3 N–H and O–H groups in total. The third-order valence-corrected chi connectivity index (χ3v) is 6.35.